The molecular weight excluding hydrogens is 898 g/mol. The number of hydrogen-bond donors (Lipinski definition) is 5. The van der Waals surface area contributed by atoms with Gasteiger partial charge in [0.15, 0.2) is 6.04 Å². The van der Waals surface area contributed by atoms with E-state index < -0.39 is 60.0 Å². The second-order valence-corrected chi connectivity index (χ2v) is 20.6. The van der Waals surface area contributed by atoms with Gasteiger partial charge in [0.05, 0.1) is 43.5 Å². The van der Waals surface area contributed by atoms with Gasteiger partial charge in [-0.3, -0.25) is 14.4 Å². The van der Waals surface area contributed by atoms with Gasteiger partial charge in [-0.2, -0.15) is 0 Å². The van der Waals surface area contributed by atoms with E-state index in [9.17, 15) is 44.0 Å². The van der Waals surface area contributed by atoms with Gasteiger partial charge < -0.3 is 49.8 Å². The summed E-state index contributed by atoms with van der Waals surface area (Å²) in [6.45, 7) is 14.9. The van der Waals surface area contributed by atoms with Crippen molar-refractivity contribution in [1.82, 2.24) is 15.1 Å². The smallest absolute Gasteiger partial charge is 0.331 e. The van der Waals surface area contributed by atoms with E-state index in [0.717, 1.165) is 32.8 Å². The van der Waals surface area contributed by atoms with Crippen LogP contribution in [-0.2, 0) is 40.3 Å². The molecule has 0 unspecified atom stereocenters. The van der Waals surface area contributed by atoms with E-state index >= 15 is 0 Å². The number of esters is 1. The van der Waals surface area contributed by atoms with E-state index in [0.29, 0.717) is 53.7 Å². The van der Waals surface area contributed by atoms with Crippen molar-refractivity contribution in [3.05, 3.63) is 92.1 Å². The number of nitrogens with zero attached hydrogens (tertiary/aromatic N) is 2. The molecule has 15 heteroatoms. The third-order valence-electron chi connectivity index (χ3n) is 14.5. The van der Waals surface area contributed by atoms with Gasteiger partial charge in [-0.15, -0.1) is 0 Å². The zero-order valence-corrected chi connectivity index (χ0v) is 42.5. The molecule has 2 aromatic carbocycles. The highest BCUT2D eigenvalue weighted by atomic mass is 19.1. The minimum atomic E-state index is -1.64. The quantitative estimate of drug-likeness (QED) is 0.0594. The normalized spacial score (nSPS) is 22.5. The van der Waals surface area contributed by atoms with Gasteiger partial charge >= 0.3 is 5.97 Å². The summed E-state index contributed by atoms with van der Waals surface area (Å²) in [7, 11) is 1.07. The molecule has 14 nitrogen and oxygen atoms in total. The molecule has 0 fully saturated rings. The lowest BCUT2D eigenvalue weighted by Gasteiger charge is -2.41. The molecule has 3 amide bonds. The fraction of sp³-hybridized carbons (Fsp3) is 0.564. The molecule has 6 atom stereocenters. The number of phenolic OH excluding ortho intramolecular Hbond substituents is 2. The van der Waals surface area contributed by atoms with Gasteiger partial charge in [-0.25, -0.2) is 9.18 Å². The molecule has 382 valence electrons. The van der Waals surface area contributed by atoms with Crippen LogP contribution in [0.5, 0.6) is 23.0 Å². The lowest BCUT2D eigenvalue weighted by molar-refractivity contribution is -0.146. The zero-order chi connectivity index (χ0) is 51.2. The average molecular weight is 972 g/mol. The summed E-state index contributed by atoms with van der Waals surface area (Å²) in [5.41, 5.74) is 5.05. The fourth-order valence-electron chi connectivity index (χ4n) is 9.98. The number of nitrogens with one attached hydrogen (secondary N) is 1. The van der Waals surface area contributed by atoms with Crippen molar-refractivity contribution < 1.29 is 58.2 Å². The lowest BCUT2D eigenvalue weighted by atomic mass is 9.84. The molecule has 5 N–H and O–H groups in total. The number of carbonyl (C=O) groups is 4. The first-order valence-electron chi connectivity index (χ1n) is 24.7. The number of fused-ring (bicyclic) bond motifs is 6. The number of alkyl halides is 1. The summed E-state index contributed by atoms with van der Waals surface area (Å²) in [6, 6.07) is -0.197. The first-order valence-corrected chi connectivity index (χ1v) is 24.7. The van der Waals surface area contributed by atoms with E-state index in [1.165, 1.54) is 39.3 Å². The van der Waals surface area contributed by atoms with Crippen LogP contribution in [0.1, 0.15) is 163 Å². The molecule has 0 aliphatic carbocycles. The molecule has 0 bridgehead atoms. The highest BCUT2D eigenvalue weighted by Gasteiger charge is 2.47. The number of hydrogen-bond acceptors (Lipinski definition) is 11. The average Bonchev–Trinajstić information content (AvgIpc) is 3.79. The van der Waals surface area contributed by atoms with Crippen LogP contribution in [0.15, 0.2) is 58.7 Å². The first-order chi connectivity index (χ1) is 33.1. The van der Waals surface area contributed by atoms with E-state index in [-0.39, 0.29) is 79.6 Å². The van der Waals surface area contributed by atoms with Gasteiger partial charge in [0, 0.05) is 41.6 Å². The van der Waals surface area contributed by atoms with Crippen LogP contribution >= 0.6 is 0 Å². The largest absolute Gasteiger partial charge is 0.508 e. The maximum atomic E-state index is 14.4. The Morgan fingerprint density at radius 1 is 0.771 bits per heavy atom. The third-order valence-corrected chi connectivity index (χ3v) is 14.5. The molecule has 6 rings (SSSR count). The monoisotopic (exact) mass is 972 g/mol. The highest BCUT2D eigenvalue weighted by Crippen LogP contribution is 2.48. The Morgan fingerprint density at radius 3 is 1.73 bits per heavy atom. The van der Waals surface area contributed by atoms with Crippen molar-refractivity contribution >= 4 is 23.7 Å². The molecule has 70 heavy (non-hydrogen) atoms. The van der Waals surface area contributed by atoms with Crippen LogP contribution in [0.4, 0.5) is 4.39 Å². The summed E-state index contributed by atoms with van der Waals surface area (Å²) in [5.74, 6) is -2.54. The summed E-state index contributed by atoms with van der Waals surface area (Å²) in [4.78, 5) is 57.9. The van der Waals surface area contributed by atoms with Crippen molar-refractivity contribution in [2.24, 2.45) is 0 Å². The number of allylic oxidation sites excluding steroid dienone is 8. The van der Waals surface area contributed by atoms with Gasteiger partial charge in [0.1, 0.15) is 46.9 Å². The Bertz CT molecular complexity index is 2450. The second kappa shape index (κ2) is 22.6. The predicted octanol–water partition coefficient (Wildman–Crippen LogP) is 8.54. The second-order valence-electron chi connectivity index (χ2n) is 20.6. The number of phenols is 2. The number of benzene rings is 2. The number of amides is 3. The molecule has 4 aliphatic rings. The van der Waals surface area contributed by atoms with Crippen LogP contribution in [0.3, 0.4) is 0 Å². The highest BCUT2D eigenvalue weighted by molar-refractivity contribution is 6.03. The molecule has 4 heterocycles. The van der Waals surface area contributed by atoms with Crippen LogP contribution in [0, 0.1) is 0 Å². The van der Waals surface area contributed by atoms with Crippen LogP contribution < -0.4 is 14.8 Å². The Morgan fingerprint density at radius 2 is 1.26 bits per heavy atom. The zero-order valence-electron chi connectivity index (χ0n) is 42.5. The van der Waals surface area contributed by atoms with E-state index in [1.807, 2.05) is 6.92 Å². The molecule has 0 saturated heterocycles. The first kappa shape index (κ1) is 53.7. The summed E-state index contributed by atoms with van der Waals surface area (Å²) in [5, 5.41) is 47.5. The molecule has 2 aromatic rings. The maximum Gasteiger partial charge on any atom is 0.331 e. The van der Waals surface area contributed by atoms with Gasteiger partial charge in [0.2, 0.25) is 5.91 Å². The molecule has 0 radical (unpaired) electrons. The number of aliphatic hydroxyl groups is 2. The summed E-state index contributed by atoms with van der Waals surface area (Å²) >= 11 is 0. The van der Waals surface area contributed by atoms with E-state index in [2.05, 4.69) is 71.2 Å². The molecule has 0 saturated carbocycles. The predicted molar refractivity (Wildman–Crippen MR) is 265 cm³/mol. The van der Waals surface area contributed by atoms with E-state index in [4.69, 9.17) is 14.2 Å². The minimum Gasteiger partial charge on any atom is -0.508 e. The van der Waals surface area contributed by atoms with Crippen LogP contribution in [0.25, 0.3) is 0 Å². The van der Waals surface area contributed by atoms with Gasteiger partial charge in [-0.1, -0.05) is 46.6 Å². The van der Waals surface area contributed by atoms with Crippen molar-refractivity contribution in [2.45, 2.75) is 181 Å². The van der Waals surface area contributed by atoms with Crippen molar-refractivity contribution in [3.8, 4) is 23.0 Å². The third kappa shape index (κ3) is 11.9. The molecule has 0 aromatic heterocycles. The Balaban J connectivity index is 1.19. The number of rotatable bonds is 21. The number of aromatic hydroxyl groups is 2. The maximum absolute atomic E-state index is 14.4. The summed E-state index contributed by atoms with van der Waals surface area (Å²) < 4.78 is 32.1. The lowest BCUT2D eigenvalue weighted by Crippen LogP contribution is -2.53. The van der Waals surface area contributed by atoms with Crippen LogP contribution in [-0.4, -0.2) is 110 Å². The van der Waals surface area contributed by atoms with Crippen molar-refractivity contribution in [1.29, 1.82) is 0 Å². The summed E-state index contributed by atoms with van der Waals surface area (Å²) in [6.07, 6.45) is 13.1. The molecule has 0 spiro atoms. The topological polar surface area (TPSA) is 195 Å². The van der Waals surface area contributed by atoms with Gasteiger partial charge in [0.25, 0.3) is 11.8 Å². The number of ether oxygens (including phenoxy) is 3. The SMILES string of the molecule is COC(=O)[C@@H](CF)NC(=O)[C@H](CCCN1Cc2c(cc(O)c3c2O[C@](C)(CC/C=C(\C)CCC=C(C)C)[C@@H](O)C3)C1=O)N1Cc2c(cc(O)c3c2O[C@](C)(CC/C=C(\C)CCC=C(C)C)[C@@H](O)C3)C1=O. The number of aliphatic hydroxyl groups excluding tert-OH is 2. The van der Waals surface area contributed by atoms with Gasteiger partial charge in [-0.05, 0) is 132 Å². The Labute approximate surface area is 412 Å². The number of halogens is 1. The van der Waals surface area contributed by atoms with Crippen LogP contribution in [0.2, 0.25) is 0 Å². The minimum absolute atomic E-state index is 0.0258. The number of methoxy groups -OCH3 is 1. The fourth-order valence-corrected chi connectivity index (χ4v) is 9.98. The van der Waals surface area contributed by atoms with E-state index in [1.54, 1.807) is 11.8 Å². The Hall–Kier alpha value is -5.67. The van der Waals surface area contributed by atoms with Crippen molar-refractivity contribution in [2.75, 3.05) is 20.3 Å². The van der Waals surface area contributed by atoms with Crippen molar-refractivity contribution in [3.63, 3.8) is 0 Å². The number of carbonyl (C=O) groups excluding carboxylic acids is 4. The molecular formula is C55H74FN3O11. The Kier molecular flexibility index (Phi) is 17.3. The standard InChI is InChI=1S/C55H74FN3O11/c1-32(2)15-10-17-34(5)19-12-22-54(7)46(62)27-38-44(60)25-36-40(48(38)69-54)30-58(51(36)65)24-14-21-43(50(64)57-42(29-56)53(67)68-9)59-31-41-37(52(59)66)26-45(61)39-28-47(63)55(8,70-49(39)41)23-13-20-35(6)18-11-16-33(3)4/h15-16,19-20,25-26,42-43,46-47,60-63H,10-14,17-18,21-24,27-31H2,1-9H3,(H,57,64)/b34-19+,35-20+/t42-,43+,46+,47+,54-,55-/m1/s1. The molecule has 4 aliphatic heterocycles.